The number of ether oxygens (including phenoxy) is 1. The van der Waals surface area contributed by atoms with Crippen molar-refractivity contribution in [2.24, 2.45) is 0 Å². The molecule has 1 aromatic heterocycles. The third-order valence-electron chi connectivity index (χ3n) is 5.11. The van der Waals surface area contributed by atoms with Gasteiger partial charge < -0.3 is 19.3 Å². The highest BCUT2D eigenvalue weighted by atomic mass is 16.5. The van der Waals surface area contributed by atoms with Gasteiger partial charge in [0.25, 0.3) is 5.91 Å². The van der Waals surface area contributed by atoms with E-state index in [4.69, 9.17) is 9.26 Å². The lowest BCUT2D eigenvalue weighted by atomic mass is 10.0. The number of benzene rings is 1. The maximum Gasteiger partial charge on any atom is 0.259 e. The fourth-order valence-corrected chi connectivity index (χ4v) is 3.63. The molecule has 0 radical (unpaired) electrons. The monoisotopic (exact) mass is 358 g/mol. The highest BCUT2D eigenvalue weighted by molar-refractivity contribution is 5.96. The van der Waals surface area contributed by atoms with E-state index in [9.17, 15) is 9.90 Å². The van der Waals surface area contributed by atoms with Crippen LogP contribution in [0.3, 0.4) is 0 Å². The summed E-state index contributed by atoms with van der Waals surface area (Å²) in [6.45, 7) is 3.48. The molecule has 1 N–H and O–H groups in total. The smallest absolute Gasteiger partial charge is 0.259 e. The van der Waals surface area contributed by atoms with E-state index in [0.717, 1.165) is 31.4 Å². The molecule has 0 bridgehead atoms. The van der Waals surface area contributed by atoms with Gasteiger partial charge in [-0.15, -0.1) is 0 Å². The molecule has 0 saturated heterocycles. The molecular weight excluding hydrogens is 332 g/mol. The molecule has 1 heterocycles. The number of hydrogen-bond donors (Lipinski definition) is 1. The highest BCUT2D eigenvalue weighted by Gasteiger charge is 2.37. The van der Waals surface area contributed by atoms with Gasteiger partial charge in [-0.1, -0.05) is 29.8 Å². The van der Waals surface area contributed by atoms with Gasteiger partial charge in [0, 0.05) is 7.05 Å². The molecule has 6 heteroatoms. The SMILES string of the molecule is Cc1noc(C)c1C(=O)N(C)[C@@H]1CCCC[C@@H](Oc2ccccc2)[C@@H]1O. The molecule has 0 aliphatic heterocycles. The van der Waals surface area contributed by atoms with Crippen molar-refractivity contribution in [1.82, 2.24) is 10.1 Å². The lowest BCUT2D eigenvalue weighted by molar-refractivity contribution is -0.0143. The van der Waals surface area contributed by atoms with Crippen molar-refractivity contribution in [3.05, 3.63) is 47.3 Å². The number of aliphatic hydroxyl groups is 1. The Balaban J connectivity index is 1.78. The number of aryl methyl sites for hydroxylation is 2. The van der Waals surface area contributed by atoms with Gasteiger partial charge in [0.05, 0.1) is 11.7 Å². The molecule has 1 fully saturated rings. The van der Waals surface area contributed by atoms with E-state index in [1.54, 1.807) is 25.8 Å². The first-order valence-electron chi connectivity index (χ1n) is 9.09. The summed E-state index contributed by atoms with van der Waals surface area (Å²) in [6, 6.07) is 9.19. The Morgan fingerprint density at radius 2 is 1.92 bits per heavy atom. The number of nitrogens with zero attached hydrogens (tertiary/aromatic N) is 2. The molecule has 3 rings (SSSR count). The number of hydrogen-bond acceptors (Lipinski definition) is 5. The van der Waals surface area contributed by atoms with Crippen LogP contribution in [-0.4, -0.2) is 46.4 Å². The summed E-state index contributed by atoms with van der Waals surface area (Å²) in [5.41, 5.74) is 1.05. The average molecular weight is 358 g/mol. The van der Waals surface area contributed by atoms with Crippen LogP contribution in [0.4, 0.5) is 0 Å². The van der Waals surface area contributed by atoms with Gasteiger partial charge in [0.2, 0.25) is 0 Å². The van der Waals surface area contributed by atoms with Crippen molar-refractivity contribution in [1.29, 1.82) is 0 Å². The first kappa shape index (κ1) is 18.5. The summed E-state index contributed by atoms with van der Waals surface area (Å²) in [4.78, 5) is 14.6. The molecule has 6 nitrogen and oxygen atoms in total. The predicted octanol–water partition coefficient (Wildman–Crippen LogP) is 3.11. The Morgan fingerprint density at radius 3 is 2.58 bits per heavy atom. The molecule has 1 aliphatic rings. The quantitative estimate of drug-likeness (QED) is 0.850. The summed E-state index contributed by atoms with van der Waals surface area (Å²) >= 11 is 0. The van der Waals surface area contributed by atoms with Gasteiger partial charge in [-0.3, -0.25) is 4.79 Å². The normalized spacial score (nSPS) is 23.3. The van der Waals surface area contributed by atoms with Crippen LogP contribution in [0.1, 0.15) is 47.5 Å². The summed E-state index contributed by atoms with van der Waals surface area (Å²) < 4.78 is 11.1. The first-order chi connectivity index (χ1) is 12.5. The maximum atomic E-state index is 12.9. The van der Waals surface area contributed by atoms with E-state index < -0.39 is 6.10 Å². The Labute approximate surface area is 153 Å². The lowest BCUT2D eigenvalue weighted by Crippen LogP contribution is -2.50. The molecule has 1 aliphatic carbocycles. The van der Waals surface area contributed by atoms with Gasteiger partial charge >= 0.3 is 0 Å². The molecule has 0 spiro atoms. The van der Waals surface area contributed by atoms with Crippen molar-refractivity contribution < 1.29 is 19.2 Å². The van der Waals surface area contributed by atoms with E-state index in [1.807, 2.05) is 30.3 Å². The van der Waals surface area contributed by atoms with Gasteiger partial charge in [0.15, 0.2) is 0 Å². The van der Waals surface area contributed by atoms with Crippen molar-refractivity contribution in [3.8, 4) is 5.75 Å². The van der Waals surface area contributed by atoms with Crippen LogP contribution in [0.25, 0.3) is 0 Å². The van der Waals surface area contributed by atoms with E-state index in [1.165, 1.54) is 0 Å². The largest absolute Gasteiger partial charge is 0.488 e. The number of para-hydroxylation sites is 1. The second kappa shape index (κ2) is 7.91. The number of aliphatic hydroxyl groups excluding tert-OH is 1. The van der Waals surface area contributed by atoms with E-state index in [2.05, 4.69) is 5.16 Å². The Hall–Kier alpha value is -2.34. The van der Waals surface area contributed by atoms with Crippen LogP contribution in [0.5, 0.6) is 5.75 Å². The Bertz CT molecular complexity index is 724. The van der Waals surface area contributed by atoms with Crippen LogP contribution >= 0.6 is 0 Å². The lowest BCUT2D eigenvalue weighted by Gasteiger charge is -2.34. The molecule has 26 heavy (non-hydrogen) atoms. The number of carbonyl (C=O) groups excluding carboxylic acids is 1. The third-order valence-corrected chi connectivity index (χ3v) is 5.11. The molecule has 1 saturated carbocycles. The molecule has 1 aromatic carbocycles. The molecule has 0 unspecified atom stereocenters. The Morgan fingerprint density at radius 1 is 1.23 bits per heavy atom. The van der Waals surface area contributed by atoms with Crippen molar-refractivity contribution >= 4 is 5.91 Å². The summed E-state index contributed by atoms with van der Waals surface area (Å²) in [5.74, 6) is 1.06. The summed E-state index contributed by atoms with van der Waals surface area (Å²) in [5, 5.41) is 14.8. The van der Waals surface area contributed by atoms with Crippen molar-refractivity contribution in [3.63, 3.8) is 0 Å². The van der Waals surface area contributed by atoms with Gasteiger partial charge in [0.1, 0.15) is 29.3 Å². The van der Waals surface area contributed by atoms with Crippen LogP contribution in [0, 0.1) is 13.8 Å². The zero-order chi connectivity index (χ0) is 18.7. The zero-order valence-corrected chi connectivity index (χ0v) is 15.5. The van der Waals surface area contributed by atoms with Crippen molar-refractivity contribution in [2.45, 2.75) is 57.8 Å². The fourth-order valence-electron chi connectivity index (χ4n) is 3.63. The zero-order valence-electron chi connectivity index (χ0n) is 15.5. The summed E-state index contributed by atoms with van der Waals surface area (Å²) in [7, 11) is 1.73. The highest BCUT2D eigenvalue weighted by Crippen LogP contribution is 2.27. The van der Waals surface area contributed by atoms with Crippen LogP contribution in [0.15, 0.2) is 34.9 Å². The molecule has 140 valence electrons. The van der Waals surface area contributed by atoms with Gasteiger partial charge in [-0.2, -0.15) is 0 Å². The number of likely N-dealkylation sites (N-methyl/N-ethyl adjacent to an activating group) is 1. The topological polar surface area (TPSA) is 75.8 Å². The molecule has 1 amide bonds. The standard InChI is InChI=1S/C20H26N2O4/c1-13-18(14(2)26-21-13)20(24)22(3)16-11-7-8-12-17(19(16)23)25-15-9-5-4-6-10-15/h4-6,9-10,16-17,19,23H,7-8,11-12H2,1-3H3/t16-,17-,19-/m1/s1. The minimum atomic E-state index is -0.757. The minimum Gasteiger partial charge on any atom is -0.488 e. The third kappa shape index (κ3) is 3.75. The van der Waals surface area contributed by atoms with Crippen LogP contribution < -0.4 is 4.74 Å². The Kier molecular flexibility index (Phi) is 5.61. The minimum absolute atomic E-state index is 0.175. The number of rotatable bonds is 4. The number of aromatic nitrogens is 1. The van der Waals surface area contributed by atoms with Gasteiger partial charge in [-0.25, -0.2) is 0 Å². The molecular formula is C20H26N2O4. The average Bonchev–Trinajstić information content (AvgIpc) is 2.87. The van der Waals surface area contributed by atoms with E-state index in [0.29, 0.717) is 17.0 Å². The van der Waals surface area contributed by atoms with Crippen LogP contribution in [0.2, 0.25) is 0 Å². The predicted molar refractivity (Wildman–Crippen MR) is 97.2 cm³/mol. The number of carbonyl (C=O) groups is 1. The second-order valence-electron chi connectivity index (χ2n) is 6.93. The van der Waals surface area contributed by atoms with Crippen LogP contribution in [-0.2, 0) is 0 Å². The van der Waals surface area contributed by atoms with E-state index in [-0.39, 0.29) is 18.1 Å². The van der Waals surface area contributed by atoms with Gasteiger partial charge in [-0.05, 0) is 45.2 Å². The van der Waals surface area contributed by atoms with Crippen molar-refractivity contribution in [2.75, 3.05) is 7.05 Å². The van der Waals surface area contributed by atoms with E-state index >= 15 is 0 Å². The molecule has 3 atom stereocenters. The maximum absolute atomic E-state index is 12.9. The summed E-state index contributed by atoms with van der Waals surface area (Å²) in [6.07, 6.45) is 2.30. The number of amides is 1. The fraction of sp³-hybridized carbons (Fsp3) is 0.500. The first-order valence-corrected chi connectivity index (χ1v) is 9.09. The molecule has 2 aromatic rings. The second-order valence-corrected chi connectivity index (χ2v) is 6.93.